The van der Waals surface area contributed by atoms with E-state index >= 15 is 0 Å². The van der Waals surface area contributed by atoms with Crippen LogP contribution in [0.15, 0.2) is 42.5 Å². The van der Waals surface area contributed by atoms with Crippen LogP contribution in [-0.4, -0.2) is 16.8 Å². The highest BCUT2D eigenvalue weighted by Crippen LogP contribution is 2.38. The molecule has 0 bridgehead atoms. The van der Waals surface area contributed by atoms with Gasteiger partial charge in [0.15, 0.2) is 0 Å². The molecule has 118 valence electrons. The zero-order chi connectivity index (χ0) is 16.6. The van der Waals surface area contributed by atoms with Crippen LogP contribution in [0.1, 0.15) is 33.9 Å². The minimum Gasteiger partial charge on any atom is -0.550 e. The molecule has 0 saturated carbocycles. The molecule has 0 aliphatic carbocycles. The molecule has 1 aliphatic heterocycles. The number of benzene rings is 2. The molecule has 1 aliphatic rings. The van der Waals surface area contributed by atoms with Gasteiger partial charge in [-0.2, -0.15) is 0 Å². The first-order valence-corrected chi connectivity index (χ1v) is 7.77. The maximum absolute atomic E-state index is 12.6. The lowest BCUT2D eigenvalue weighted by Gasteiger charge is -2.29. The molecule has 0 unspecified atom stereocenters. The first-order valence-electron chi connectivity index (χ1n) is 7.01. The maximum atomic E-state index is 12.6. The quantitative estimate of drug-likeness (QED) is 0.853. The Hall–Kier alpha value is -2.04. The number of halogens is 2. The Morgan fingerprint density at radius 3 is 2.61 bits per heavy atom. The van der Waals surface area contributed by atoms with Crippen LogP contribution in [0.25, 0.3) is 0 Å². The van der Waals surface area contributed by atoms with Crippen molar-refractivity contribution in [1.29, 1.82) is 0 Å². The summed E-state index contributed by atoms with van der Waals surface area (Å²) in [6, 6.07) is 11.4. The van der Waals surface area contributed by atoms with Gasteiger partial charge in [0.25, 0.3) is 5.91 Å². The third-order valence-electron chi connectivity index (χ3n) is 3.93. The lowest BCUT2D eigenvalue weighted by Crippen LogP contribution is -2.35. The number of carboxylic acid groups (broad SMARTS) is 1. The summed E-state index contributed by atoms with van der Waals surface area (Å²) in [7, 11) is 0. The van der Waals surface area contributed by atoms with Crippen molar-refractivity contribution in [2.75, 3.05) is 0 Å². The molecule has 0 saturated heterocycles. The molecule has 1 atom stereocenters. The van der Waals surface area contributed by atoms with E-state index in [1.54, 1.807) is 30.3 Å². The number of hydrogen-bond donors (Lipinski definition) is 0. The van der Waals surface area contributed by atoms with Gasteiger partial charge >= 0.3 is 0 Å². The van der Waals surface area contributed by atoms with E-state index in [0.29, 0.717) is 22.7 Å². The Morgan fingerprint density at radius 1 is 1.17 bits per heavy atom. The Labute approximate surface area is 143 Å². The average Bonchev–Trinajstić information content (AvgIpc) is 2.85. The Bertz CT molecular complexity index is 791. The van der Waals surface area contributed by atoms with Crippen molar-refractivity contribution in [3.05, 3.63) is 69.2 Å². The number of rotatable bonds is 4. The molecule has 0 fully saturated rings. The summed E-state index contributed by atoms with van der Waals surface area (Å²) in [6.07, 6.45) is -0.347. The van der Waals surface area contributed by atoms with Gasteiger partial charge in [0, 0.05) is 24.5 Å². The van der Waals surface area contributed by atoms with Gasteiger partial charge in [-0.25, -0.2) is 0 Å². The van der Waals surface area contributed by atoms with Crippen molar-refractivity contribution in [3.63, 3.8) is 0 Å². The first-order chi connectivity index (χ1) is 11.0. The normalized spacial score (nSPS) is 14.7. The zero-order valence-corrected chi connectivity index (χ0v) is 13.5. The number of carbonyl (C=O) groups excluding carboxylic acids is 2. The van der Waals surface area contributed by atoms with Crippen molar-refractivity contribution < 1.29 is 14.7 Å². The molecule has 0 spiro atoms. The fourth-order valence-corrected chi connectivity index (χ4v) is 3.29. The summed E-state index contributed by atoms with van der Waals surface area (Å²) in [4.78, 5) is 25.3. The Kier molecular flexibility index (Phi) is 4.28. The minimum atomic E-state index is -1.25. The summed E-state index contributed by atoms with van der Waals surface area (Å²) >= 11 is 12.3. The molecule has 0 N–H and O–H groups in total. The third-order valence-corrected chi connectivity index (χ3v) is 4.76. The second-order valence-electron chi connectivity index (χ2n) is 5.33. The summed E-state index contributed by atoms with van der Waals surface area (Å²) in [5.41, 5.74) is 1.94. The highest BCUT2D eigenvalue weighted by atomic mass is 35.5. The van der Waals surface area contributed by atoms with Crippen LogP contribution in [0, 0.1) is 0 Å². The van der Waals surface area contributed by atoms with E-state index in [1.807, 2.05) is 12.1 Å². The summed E-state index contributed by atoms with van der Waals surface area (Å²) in [6.45, 7) is 0.329. The molecule has 6 heteroatoms. The van der Waals surface area contributed by atoms with E-state index in [9.17, 15) is 14.7 Å². The van der Waals surface area contributed by atoms with Gasteiger partial charge in [0.1, 0.15) is 0 Å². The molecule has 4 nitrogen and oxygen atoms in total. The second-order valence-corrected chi connectivity index (χ2v) is 6.11. The number of carbonyl (C=O) groups is 2. The molecule has 23 heavy (non-hydrogen) atoms. The number of hydrogen-bond acceptors (Lipinski definition) is 3. The molecule has 0 aromatic heterocycles. The Balaban J connectivity index is 2.03. The number of fused-ring (bicyclic) bond motifs is 1. The highest BCUT2D eigenvalue weighted by molar-refractivity contribution is 6.42. The zero-order valence-electron chi connectivity index (χ0n) is 12.0. The van der Waals surface area contributed by atoms with E-state index in [2.05, 4.69) is 0 Å². The summed E-state index contributed by atoms with van der Waals surface area (Å²) in [5, 5.41) is 11.8. The molecule has 1 heterocycles. The first kappa shape index (κ1) is 15.8. The van der Waals surface area contributed by atoms with Crippen LogP contribution >= 0.6 is 23.2 Å². The monoisotopic (exact) mass is 348 g/mol. The van der Waals surface area contributed by atoms with Crippen molar-refractivity contribution in [2.45, 2.75) is 19.0 Å². The number of amides is 1. The highest BCUT2D eigenvalue weighted by Gasteiger charge is 2.34. The van der Waals surface area contributed by atoms with Crippen LogP contribution in [-0.2, 0) is 11.3 Å². The van der Waals surface area contributed by atoms with E-state index < -0.39 is 12.0 Å². The summed E-state index contributed by atoms with van der Waals surface area (Å²) < 4.78 is 0. The predicted molar refractivity (Wildman–Crippen MR) is 85.1 cm³/mol. The standard InChI is InChI=1S/C17H13Cl2NO3/c18-13-7-3-6-12(16(13)19)14(8-15(21)22)20-9-10-4-1-2-5-11(10)17(20)23/h1-7,14H,8-9H2,(H,21,22)/p-1/t14-/m0/s1. The molecular formula is C17H12Cl2NO3-. The van der Waals surface area contributed by atoms with Crippen LogP contribution in [0.3, 0.4) is 0 Å². The number of carboxylic acids is 1. The topological polar surface area (TPSA) is 60.4 Å². The van der Waals surface area contributed by atoms with Gasteiger partial charge in [-0.05, 0) is 23.3 Å². The van der Waals surface area contributed by atoms with E-state index in [0.717, 1.165) is 5.56 Å². The van der Waals surface area contributed by atoms with Crippen LogP contribution in [0.4, 0.5) is 0 Å². The van der Waals surface area contributed by atoms with Gasteiger partial charge in [-0.3, -0.25) is 4.79 Å². The lowest BCUT2D eigenvalue weighted by molar-refractivity contribution is -0.306. The third kappa shape index (κ3) is 2.92. The average molecular weight is 349 g/mol. The number of nitrogens with zero attached hydrogens (tertiary/aromatic N) is 1. The predicted octanol–water partition coefficient (Wildman–Crippen LogP) is 2.83. The minimum absolute atomic E-state index is 0.220. The SMILES string of the molecule is O=C([O-])C[C@@H](c1cccc(Cl)c1Cl)N1Cc2ccccc2C1=O. The lowest BCUT2D eigenvalue weighted by atomic mass is 10.0. The van der Waals surface area contributed by atoms with E-state index in [4.69, 9.17) is 23.2 Å². The van der Waals surface area contributed by atoms with E-state index in [-0.39, 0.29) is 17.4 Å². The Morgan fingerprint density at radius 2 is 1.91 bits per heavy atom. The van der Waals surface area contributed by atoms with Crippen molar-refractivity contribution in [3.8, 4) is 0 Å². The second kappa shape index (κ2) is 6.22. The fourth-order valence-electron chi connectivity index (χ4n) is 2.85. The van der Waals surface area contributed by atoms with Gasteiger partial charge in [0.2, 0.25) is 0 Å². The molecule has 1 amide bonds. The maximum Gasteiger partial charge on any atom is 0.255 e. The van der Waals surface area contributed by atoms with E-state index in [1.165, 1.54) is 4.90 Å². The molecule has 3 rings (SSSR count). The van der Waals surface area contributed by atoms with Crippen molar-refractivity contribution in [1.82, 2.24) is 4.90 Å². The van der Waals surface area contributed by atoms with Crippen molar-refractivity contribution >= 4 is 35.1 Å². The van der Waals surface area contributed by atoms with Gasteiger partial charge in [-0.15, -0.1) is 0 Å². The van der Waals surface area contributed by atoms with Gasteiger partial charge in [-0.1, -0.05) is 53.5 Å². The summed E-state index contributed by atoms with van der Waals surface area (Å²) in [5.74, 6) is -1.47. The van der Waals surface area contributed by atoms with Crippen LogP contribution in [0.5, 0.6) is 0 Å². The molecule has 2 aromatic rings. The fraction of sp³-hybridized carbons (Fsp3) is 0.176. The largest absolute Gasteiger partial charge is 0.550 e. The smallest absolute Gasteiger partial charge is 0.255 e. The molecule has 0 radical (unpaired) electrons. The van der Waals surface area contributed by atoms with Gasteiger partial charge < -0.3 is 14.8 Å². The van der Waals surface area contributed by atoms with Gasteiger partial charge in [0.05, 0.1) is 16.1 Å². The van der Waals surface area contributed by atoms with Crippen LogP contribution < -0.4 is 5.11 Å². The van der Waals surface area contributed by atoms with Crippen LogP contribution in [0.2, 0.25) is 10.0 Å². The molecular weight excluding hydrogens is 337 g/mol. The number of aliphatic carboxylic acids is 1. The molecule has 2 aromatic carbocycles. The van der Waals surface area contributed by atoms with Crippen molar-refractivity contribution in [2.24, 2.45) is 0 Å².